The smallest absolute Gasteiger partial charge is 0.254 e. The van der Waals surface area contributed by atoms with Gasteiger partial charge in [0, 0.05) is 57.5 Å². The van der Waals surface area contributed by atoms with Crippen molar-refractivity contribution in [3.05, 3.63) is 48.1 Å². The number of piperazine rings is 1. The number of hydrogen-bond donors (Lipinski definition) is 1. The fraction of sp³-hybridized carbons (Fsp3) is 0.476. The molecule has 29 heavy (non-hydrogen) atoms. The molecule has 1 aliphatic carbocycles. The molecule has 1 amide bonds. The highest BCUT2D eigenvalue weighted by Crippen LogP contribution is 2.19. The Hall–Kier alpha value is -3.03. The van der Waals surface area contributed by atoms with E-state index in [4.69, 9.17) is 0 Å². The summed E-state index contributed by atoms with van der Waals surface area (Å²) in [7, 11) is 0. The SMILES string of the molecule is O=C(NCCC1=CCCCC1)c1cnc(N2CCN(c3ncccn3)CC2)nc1. The molecule has 2 aliphatic rings. The molecule has 0 unspecified atom stereocenters. The summed E-state index contributed by atoms with van der Waals surface area (Å²) in [5.74, 6) is 1.30. The molecule has 1 N–H and O–H groups in total. The fourth-order valence-electron chi connectivity index (χ4n) is 3.73. The van der Waals surface area contributed by atoms with Crippen LogP contribution in [0.15, 0.2) is 42.5 Å². The van der Waals surface area contributed by atoms with Crippen LogP contribution in [0.5, 0.6) is 0 Å². The van der Waals surface area contributed by atoms with Crippen LogP contribution in [0.3, 0.4) is 0 Å². The van der Waals surface area contributed by atoms with Gasteiger partial charge in [-0.15, -0.1) is 0 Å². The van der Waals surface area contributed by atoms with Gasteiger partial charge >= 0.3 is 0 Å². The van der Waals surface area contributed by atoms with Crippen LogP contribution in [-0.4, -0.2) is 58.6 Å². The molecule has 2 aromatic rings. The van der Waals surface area contributed by atoms with Gasteiger partial charge in [-0.2, -0.15) is 0 Å². The first-order valence-electron chi connectivity index (χ1n) is 10.3. The topological polar surface area (TPSA) is 87.1 Å². The van der Waals surface area contributed by atoms with Crippen LogP contribution < -0.4 is 15.1 Å². The first-order chi connectivity index (χ1) is 14.3. The third kappa shape index (κ3) is 5.07. The van der Waals surface area contributed by atoms with E-state index in [9.17, 15) is 4.79 Å². The summed E-state index contributed by atoms with van der Waals surface area (Å²) in [6.45, 7) is 3.87. The van der Waals surface area contributed by atoms with Crippen LogP contribution in [0.25, 0.3) is 0 Å². The molecule has 2 aromatic heterocycles. The van der Waals surface area contributed by atoms with E-state index in [0.29, 0.717) is 18.1 Å². The zero-order valence-electron chi connectivity index (χ0n) is 16.6. The number of allylic oxidation sites excluding steroid dienone is 1. The van der Waals surface area contributed by atoms with E-state index >= 15 is 0 Å². The quantitative estimate of drug-likeness (QED) is 0.753. The lowest BCUT2D eigenvalue weighted by Gasteiger charge is -2.34. The van der Waals surface area contributed by atoms with Gasteiger partial charge in [-0.3, -0.25) is 4.79 Å². The average Bonchev–Trinajstić information content (AvgIpc) is 2.80. The van der Waals surface area contributed by atoms with E-state index in [1.54, 1.807) is 24.8 Å². The number of amides is 1. The first kappa shape index (κ1) is 19.3. The van der Waals surface area contributed by atoms with Crippen LogP contribution in [0.1, 0.15) is 42.5 Å². The molecule has 0 saturated carbocycles. The normalized spacial score (nSPS) is 17.0. The van der Waals surface area contributed by atoms with Crippen molar-refractivity contribution in [3.8, 4) is 0 Å². The predicted octanol–water partition coefficient (Wildman–Crippen LogP) is 2.21. The Bertz CT molecular complexity index is 830. The van der Waals surface area contributed by atoms with E-state index in [2.05, 4.69) is 41.1 Å². The maximum absolute atomic E-state index is 12.3. The summed E-state index contributed by atoms with van der Waals surface area (Å²) in [6, 6.07) is 1.82. The molecule has 152 valence electrons. The summed E-state index contributed by atoms with van der Waals surface area (Å²) in [6.07, 6.45) is 14.9. The molecular formula is C21H27N7O. The Balaban J connectivity index is 1.25. The van der Waals surface area contributed by atoms with Crippen LogP contribution in [0, 0.1) is 0 Å². The summed E-state index contributed by atoms with van der Waals surface area (Å²) in [5, 5.41) is 2.98. The summed E-state index contributed by atoms with van der Waals surface area (Å²) in [5.41, 5.74) is 1.96. The van der Waals surface area contributed by atoms with Crippen molar-refractivity contribution in [3.63, 3.8) is 0 Å². The van der Waals surface area contributed by atoms with E-state index in [0.717, 1.165) is 45.0 Å². The van der Waals surface area contributed by atoms with Crippen LogP contribution in [-0.2, 0) is 0 Å². The van der Waals surface area contributed by atoms with Gasteiger partial charge < -0.3 is 15.1 Å². The maximum Gasteiger partial charge on any atom is 0.254 e. The zero-order valence-corrected chi connectivity index (χ0v) is 16.6. The lowest BCUT2D eigenvalue weighted by Crippen LogP contribution is -2.47. The highest BCUT2D eigenvalue weighted by molar-refractivity contribution is 5.93. The van der Waals surface area contributed by atoms with Crippen molar-refractivity contribution in [2.24, 2.45) is 0 Å². The predicted molar refractivity (Wildman–Crippen MR) is 112 cm³/mol. The molecule has 8 nitrogen and oxygen atoms in total. The average molecular weight is 393 g/mol. The number of nitrogens with one attached hydrogen (secondary N) is 1. The molecule has 0 spiro atoms. The Morgan fingerprint density at radius 3 is 2.21 bits per heavy atom. The van der Waals surface area contributed by atoms with Crippen LogP contribution in [0.2, 0.25) is 0 Å². The van der Waals surface area contributed by atoms with Crippen LogP contribution >= 0.6 is 0 Å². The number of anilines is 2. The van der Waals surface area contributed by atoms with Gasteiger partial charge in [0.2, 0.25) is 11.9 Å². The molecule has 3 heterocycles. The van der Waals surface area contributed by atoms with E-state index < -0.39 is 0 Å². The highest BCUT2D eigenvalue weighted by Gasteiger charge is 2.20. The van der Waals surface area contributed by atoms with Gasteiger partial charge in [0.1, 0.15) is 0 Å². The van der Waals surface area contributed by atoms with Crippen molar-refractivity contribution in [1.82, 2.24) is 25.3 Å². The van der Waals surface area contributed by atoms with Crippen molar-refractivity contribution >= 4 is 17.8 Å². The van der Waals surface area contributed by atoms with Gasteiger partial charge in [0.25, 0.3) is 5.91 Å². The molecule has 1 saturated heterocycles. The highest BCUT2D eigenvalue weighted by atomic mass is 16.1. The molecule has 1 aliphatic heterocycles. The second-order valence-electron chi connectivity index (χ2n) is 7.41. The minimum Gasteiger partial charge on any atom is -0.352 e. The number of hydrogen-bond acceptors (Lipinski definition) is 7. The second-order valence-corrected chi connectivity index (χ2v) is 7.41. The number of nitrogens with zero attached hydrogens (tertiary/aromatic N) is 6. The Labute approximate surface area is 171 Å². The summed E-state index contributed by atoms with van der Waals surface area (Å²) < 4.78 is 0. The first-order valence-corrected chi connectivity index (χ1v) is 10.3. The minimum absolute atomic E-state index is 0.112. The standard InChI is InChI=1S/C21H27N7O/c29-19(22-10-7-17-5-2-1-3-6-17)18-15-25-21(26-16-18)28-13-11-27(12-14-28)20-23-8-4-9-24-20/h4-5,8-9,15-16H,1-3,6-7,10-14H2,(H,22,29). The number of aromatic nitrogens is 4. The Morgan fingerprint density at radius 1 is 0.931 bits per heavy atom. The lowest BCUT2D eigenvalue weighted by atomic mass is 9.97. The summed E-state index contributed by atoms with van der Waals surface area (Å²) >= 11 is 0. The van der Waals surface area contributed by atoms with Gasteiger partial charge in [-0.1, -0.05) is 11.6 Å². The van der Waals surface area contributed by atoms with E-state index in [1.807, 2.05) is 6.07 Å². The Kier molecular flexibility index (Phi) is 6.29. The van der Waals surface area contributed by atoms with Crippen molar-refractivity contribution < 1.29 is 4.79 Å². The van der Waals surface area contributed by atoms with Gasteiger partial charge in [-0.25, -0.2) is 19.9 Å². The van der Waals surface area contributed by atoms with Crippen molar-refractivity contribution in [2.45, 2.75) is 32.1 Å². The fourth-order valence-corrected chi connectivity index (χ4v) is 3.73. The minimum atomic E-state index is -0.112. The van der Waals surface area contributed by atoms with Crippen LogP contribution in [0.4, 0.5) is 11.9 Å². The van der Waals surface area contributed by atoms with Gasteiger partial charge in [-0.05, 0) is 38.2 Å². The number of rotatable bonds is 6. The van der Waals surface area contributed by atoms with Gasteiger partial charge in [0.05, 0.1) is 5.56 Å². The molecule has 0 atom stereocenters. The molecule has 1 fully saturated rings. The van der Waals surface area contributed by atoms with E-state index in [1.165, 1.54) is 24.8 Å². The molecule has 4 rings (SSSR count). The second kappa shape index (κ2) is 9.45. The molecule has 0 aromatic carbocycles. The maximum atomic E-state index is 12.3. The number of carbonyl (C=O) groups is 1. The molecular weight excluding hydrogens is 366 g/mol. The monoisotopic (exact) mass is 393 g/mol. The number of carbonyl (C=O) groups excluding carboxylic acids is 1. The molecule has 8 heteroatoms. The lowest BCUT2D eigenvalue weighted by molar-refractivity contribution is 0.0953. The van der Waals surface area contributed by atoms with Crippen molar-refractivity contribution in [2.75, 3.05) is 42.5 Å². The zero-order chi connectivity index (χ0) is 19.9. The Morgan fingerprint density at radius 2 is 1.59 bits per heavy atom. The van der Waals surface area contributed by atoms with Gasteiger partial charge in [0.15, 0.2) is 0 Å². The summed E-state index contributed by atoms with van der Waals surface area (Å²) in [4.78, 5) is 34.0. The third-order valence-electron chi connectivity index (χ3n) is 5.41. The molecule has 0 bridgehead atoms. The van der Waals surface area contributed by atoms with Crippen molar-refractivity contribution in [1.29, 1.82) is 0 Å². The largest absolute Gasteiger partial charge is 0.352 e. The van der Waals surface area contributed by atoms with E-state index in [-0.39, 0.29) is 5.91 Å². The molecule has 0 radical (unpaired) electrons. The third-order valence-corrected chi connectivity index (χ3v) is 5.41.